The zero-order chi connectivity index (χ0) is 15.4. The van der Waals surface area contributed by atoms with E-state index in [1.807, 2.05) is 30.3 Å². The summed E-state index contributed by atoms with van der Waals surface area (Å²) in [7, 11) is 0. The topological polar surface area (TPSA) is 35.5 Å². The van der Waals surface area contributed by atoms with E-state index in [-0.39, 0.29) is 6.61 Å². The third kappa shape index (κ3) is 3.09. The molecule has 110 valence electrons. The molecule has 3 aromatic carbocycles. The average Bonchev–Trinajstić information content (AvgIpc) is 2.56. The van der Waals surface area contributed by atoms with E-state index in [0.717, 1.165) is 17.2 Å². The van der Waals surface area contributed by atoms with E-state index in [1.54, 1.807) is 0 Å². The van der Waals surface area contributed by atoms with Gasteiger partial charge in [-0.25, -0.2) is 4.79 Å². The average molecular weight is 292 g/mol. The molecule has 0 N–H and O–H groups in total. The number of esters is 1. The van der Waals surface area contributed by atoms with Crippen LogP contribution in [0.1, 0.15) is 0 Å². The molecule has 0 heterocycles. The van der Waals surface area contributed by atoms with Gasteiger partial charge in [0.2, 0.25) is 0 Å². The van der Waals surface area contributed by atoms with Crippen LogP contribution >= 0.6 is 0 Å². The number of carbonyl (C=O) groups is 1. The second kappa shape index (κ2) is 6.31. The number of ether oxygens (including phenoxy) is 2. The van der Waals surface area contributed by atoms with Crippen LogP contribution in [0, 0.1) is 0 Å². The minimum atomic E-state index is -0.436. The van der Waals surface area contributed by atoms with Gasteiger partial charge < -0.3 is 9.47 Å². The first-order valence-corrected chi connectivity index (χ1v) is 7.11. The van der Waals surface area contributed by atoms with Gasteiger partial charge in [0, 0.05) is 6.08 Å². The van der Waals surface area contributed by atoms with Gasteiger partial charge in [-0.3, -0.25) is 0 Å². The molecule has 0 saturated carbocycles. The van der Waals surface area contributed by atoms with E-state index in [0.29, 0.717) is 6.61 Å². The van der Waals surface area contributed by atoms with Crippen LogP contribution in [0.25, 0.3) is 21.5 Å². The monoisotopic (exact) mass is 292 g/mol. The van der Waals surface area contributed by atoms with Gasteiger partial charge in [0.05, 0.1) is 0 Å². The normalized spacial score (nSPS) is 10.5. The lowest BCUT2D eigenvalue weighted by molar-refractivity contribution is -0.138. The van der Waals surface area contributed by atoms with Gasteiger partial charge in [0.1, 0.15) is 19.0 Å². The van der Waals surface area contributed by atoms with Crippen LogP contribution < -0.4 is 4.74 Å². The van der Waals surface area contributed by atoms with E-state index in [9.17, 15) is 4.79 Å². The SMILES string of the molecule is C=CC(=O)OCCOc1ccc2cc3ccccc3cc2c1. The summed E-state index contributed by atoms with van der Waals surface area (Å²) in [6.07, 6.45) is 1.14. The third-order valence-corrected chi connectivity index (χ3v) is 3.44. The second-order valence-corrected chi connectivity index (χ2v) is 4.93. The molecule has 0 bridgehead atoms. The minimum Gasteiger partial charge on any atom is -0.490 e. The number of hydrogen-bond donors (Lipinski definition) is 0. The summed E-state index contributed by atoms with van der Waals surface area (Å²) >= 11 is 0. The van der Waals surface area contributed by atoms with Gasteiger partial charge in [0.15, 0.2) is 0 Å². The molecule has 22 heavy (non-hydrogen) atoms. The maximum absolute atomic E-state index is 10.9. The lowest BCUT2D eigenvalue weighted by atomic mass is 10.0. The van der Waals surface area contributed by atoms with E-state index < -0.39 is 5.97 Å². The molecule has 0 amide bonds. The van der Waals surface area contributed by atoms with Crippen molar-refractivity contribution in [2.45, 2.75) is 0 Å². The Balaban J connectivity index is 1.76. The number of rotatable bonds is 5. The van der Waals surface area contributed by atoms with Gasteiger partial charge in [-0.2, -0.15) is 0 Å². The smallest absolute Gasteiger partial charge is 0.330 e. The first-order chi connectivity index (χ1) is 10.8. The highest BCUT2D eigenvalue weighted by Crippen LogP contribution is 2.26. The molecule has 0 spiro atoms. The van der Waals surface area contributed by atoms with Crippen LogP contribution in [-0.2, 0) is 9.53 Å². The highest BCUT2D eigenvalue weighted by atomic mass is 16.6. The maximum atomic E-state index is 10.9. The fourth-order valence-electron chi connectivity index (χ4n) is 2.37. The van der Waals surface area contributed by atoms with Crippen molar-refractivity contribution in [1.82, 2.24) is 0 Å². The van der Waals surface area contributed by atoms with Crippen LogP contribution in [0.5, 0.6) is 5.75 Å². The Hall–Kier alpha value is -2.81. The first-order valence-electron chi connectivity index (χ1n) is 7.11. The van der Waals surface area contributed by atoms with Crippen LogP contribution in [0.3, 0.4) is 0 Å². The molecule has 0 radical (unpaired) electrons. The summed E-state index contributed by atoms with van der Waals surface area (Å²) < 4.78 is 10.5. The highest BCUT2D eigenvalue weighted by Gasteiger charge is 2.01. The predicted molar refractivity (Wildman–Crippen MR) is 88.1 cm³/mol. The summed E-state index contributed by atoms with van der Waals surface area (Å²) in [5, 5.41) is 4.72. The van der Waals surface area contributed by atoms with Crippen molar-refractivity contribution in [2.24, 2.45) is 0 Å². The molecular formula is C19H16O3. The molecule has 0 aliphatic heterocycles. The Labute approximate surface area is 128 Å². The quantitative estimate of drug-likeness (QED) is 0.307. The van der Waals surface area contributed by atoms with Crippen molar-refractivity contribution in [3.8, 4) is 5.75 Å². The van der Waals surface area contributed by atoms with Crippen LogP contribution in [-0.4, -0.2) is 19.2 Å². The Morgan fingerprint density at radius 3 is 2.32 bits per heavy atom. The predicted octanol–water partition coefficient (Wildman–Crippen LogP) is 4.10. The Bertz CT molecular complexity index is 836. The lowest BCUT2D eigenvalue weighted by Gasteiger charge is -2.08. The summed E-state index contributed by atoms with van der Waals surface area (Å²) in [4.78, 5) is 10.9. The summed E-state index contributed by atoms with van der Waals surface area (Å²) in [6, 6.07) is 18.5. The summed E-state index contributed by atoms with van der Waals surface area (Å²) in [5.74, 6) is 0.325. The lowest BCUT2D eigenvalue weighted by Crippen LogP contribution is -2.10. The highest BCUT2D eigenvalue weighted by molar-refractivity contribution is 5.98. The van der Waals surface area contributed by atoms with Crippen molar-refractivity contribution in [3.05, 3.63) is 67.3 Å². The number of benzene rings is 3. The molecule has 3 nitrogen and oxygen atoms in total. The molecule has 0 aliphatic rings. The van der Waals surface area contributed by atoms with E-state index >= 15 is 0 Å². The standard InChI is InChI=1S/C19H16O3/c1-2-19(20)22-10-9-21-18-8-7-16-11-14-5-3-4-6-15(14)12-17(16)13-18/h2-8,11-13H,1,9-10H2. The summed E-state index contributed by atoms with van der Waals surface area (Å²) in [6.45, 7) is 3.87. The molecule has 0 fully saturated rings. The van der Waals surface area contributed by atoms with Crippen molar-refractivity contribution >= 4 is 27.5 Å². The molecule has 0 aromatic heterocycles. The van der Waals surface area contributed by atoms with Gasteiger partial charge >= 0.3 is 5.97 Å². The largest absolute Gasteiger partial charge is 0.490 e. The van der Waals surface area contributed by atoms with E-state index in [4.69, 9.17) is 9.47 Å². The van der Waals surface area contributed by atoms with Gasteiger partial charge in [0.25, 0.3) is 0 Å². The first kappa shape index (κ1) is 14.1. The van der Waals surface area contributed by atoms with Crippen molar-refractivity contribution in [3.63, 3.8) is 0 Å². The van der Waals surface area contributed by atoms with Gasteiger partial charge in [-0.1, -0.05) is 36.9 Å². The second-order valence-electron chi connectivity index (χ2n) is 4.93. The van der Waals surface area contributed by atoms with Gasteiger partial charge in [-0.05, 0) is 45.8 Å². The van der Waals surface area contributed by atoms with Crippen molar-refractivity contribution in [2.75, 3.05) is 13.2 Å². The maximum Gasteiger partial charge on any atom is 0.330 e. The van der Waals surface area contributed by atoms with Gasteiger partial charge in [-0.15, -0.1) is 0 Å². The summed E-state index contributed by atoms with van der Waals surface area (Å²) in [5.41, 5.74) is 0. The zero-order valence-corrected chi connectivity index (χ0v) is 12.1. The molecular weight excluding hydrogens is 276 g/mol. The minimum absolute atomic E-state index is 0.209. The molecule has 0 atom stereocenters. The van der Waals surface area contributed by atoms with Crippen LogP contribution in [0.2, 0.25) is 0 Å². The molecule has 3 heteroatoms. The molecule has 3 aromatic rings. The van der Waals surface area contributed by atoms with Crippen LogP contribution in [0.4, 0.5) is 0 Å². The van der Waals surface area contributed by atoms with E-state index in [1.165, 1.54) is 16.2 Å². The Morgan fingerprint density at radius 2 is 1.59 bits per heavy atom. The van der Waals surface area contributed by atoms with Crippen molar-refractivity contribution in [1.29, 1.82) is 0 Å². The zero-order valence-electron chi connectivity index (χ0n) is 12.1. The number of fused-ring (bicyclic) bond motifs is 2. The molecule has 0 unspecified atom stereocenters. The number of carbonyl (C=O) groups excluding carboxylic acids is 1. The molecule has 3 rings (SSSR count). The fraction of sp³-hybridized carbons (Fsp3) is 0.105. The molecule has 0 saturated heterocycles. The third-order valence-electron chi connectivity index (χ3n) is 3.44. The Kier molecular flexibility index (Phi) is 4.05. The Morgan fingerprint density at radius 1 is 0.909 bits per heavy atom. The van der Waals surface area contributed by atoms with Crippen LogP contribution in [0.15, 0.2) is 67.3 Å². The number of hydrogen-bond acceptors (Lipinski definition) is 3. The van der Waals surface area contributed by atoms with E-state index in [2.05, 4.69) is 30.8 Å². The van der Waals surface area contributed by atoms with Crippen molar-refractivity contribution < 1.29 is 14.3 Å². The fourth-order valence-corrected chi connectivity index (χ4v) is 2.37. The molecule has 0 aliphatic carbocycles.